The van der Waals surface area contributed by atoms with Gasteiger partial charge in [0.05, 0.1) is 0 Å². The average molecular weight is 240 g/mol. The zero-order valence-corrected chi connectivity index (χ0v) is 11.4. The zero-order chi connectivity index (χ0) is 12.2. The molecule has 1 aromatic rings. The molecule has 2 heteroatoms. The number of benzene rings is 1. The summed E-state index contributed by atoms with van der Waals surface area (Å²) < 4.78 is 0. The van der Waals surface area contributed by atoms with Gasteiger partial charge in [-0.05, 0) is 31.0 Å². The van der Waals surface area contributed by atoms with Crippen LogP contribution in [0.1, 0.15) is 39.7 Å². The van der Waals surface area contributed by atoms with E-state index in [4.69, 9.17) is 11.6 Å². The van der Waals surface area contributed by atoms with Crippen molar-refractivity contribution < 1.29 is 0 Å². The molecule has 0 aromatic heterocycles. The molecule has 1 nitrogen and oxygen atoms in total. The van der Waals surface area contributed by atoms with E-state index in [-0.39, 0.29) is 5.41 Å². The highest BCUT2D eigenvalue weighted by atomic mass is 35.5. The molecule has 0 bridgehead atoms. The van der Waals surface area contributed by atoms with Crippen LogP contribution in [0, 0.1) is 0 Å². The molecule has 0 heterocycles. The van der Waals surface area contributed by atoms with Crippen LogP contribution in [0.2, 0.25) is 5.02 Å². The fourth-order valence-electron chi connectivity index (χ4n) is 1.58. The molecular weight excluding hydrogens is 218 g/mol. The van der Waals surface area contributed by atoms with Gasteiger partial charge in [0.2, 0.25) is 0 Å². The van der Waals surface area contributed by atoms with Gasteiger partial charge in [-0.2, -0.15) is 0 Å². The van der Waals surface area contributed by atoms with Crippen LogP contribution in [-0.4, -0.2) is 12.6 Å². The van der Waals surface area contributed by atoms with Crippen LogP contribution < -0.4 is 5.32 Å². The summed E-state index contributed by atoms with van der Waals surface area (Å²) in [5.41, 5.74) is 1.47. The molecule has 1 unspecified atom stereocenters. The molecule has 1 aromatic carbocycles. The minimum Gasteiger partial charge on any atom is -0.313 e. The third-order valence-corrected chi connectivity index (χ3v) is 3.38. The normalized spacial score (nSPS) is 13.8. The van der Waals surface area contributed by atoms with Gasteiger partial charge in [0, 0.05) is 23.0 Å². The maximum Gasteiger partial charge on any atom is 0.0406 e. The lowest BCUT2D eigenvalue weighted by Gasteiger charge is -2.27. The van der Waals surface area contributed by atoms with Crippen molar-refractivity contribution in [2.24, 2.45) is 0 Å². The molecule has 0 spiro atoms. The number of rotatable bonds is 5. The molecule has 0 aliphatic heterocycles. The monoisotopic (exact) mass is 239 g/mol. The lowest BCUT2D eigenvalue weighted by Crippen LogP contribution is -2.37. The zero-order valence-electron chi connectivity index (χ0n) is 10.7. The smallest absolute Gasteiger partial charge is 0.0406 e. The van der Waals surface area contributed by atoms with Crippen LogP contribution in [0.3, 0.4) is 0 Å². The standard InChI is InChI=1S/C14H22ClN/c1-5-11(2)16-10-14(3,4)12-6-8-13(15)9-7-12/h6-9,11,16H,5,10H2,1-4H3. The van der Waals surface area contributed by atoms with E-state index in [1.165, 1.54) is 5.56 Å². The molecule has 1 rings (SSSR count). The van der Waals surface area contributed by atoms with Gasteiger partial charge in [0.1, 0.15) is 0 Å². The van der Waals surface area contributed by atoms with Crippen molar-refractivity contribution >= 4 is 11.6 Å². The first-order chi connectivity index (χ1) is 7.45. The van der Waals surface area contributed by atoms with Crippen molar-refractivity contribution in [1.82, 2.24) is 5.32 Å². The lowest BCUT2D eigenvalue weighted by molar-refractivity contribution is 0.424. The van der Waals surface area contributed by atoms with Crippen LogP contribution in [0.25, 0.3) is 0 Å². The fourth-order valence-corrected chi connectivity index (χ4v) is 1.70. The maximum absolute atomic E-state index is 5.90. The minimum atomic E-state index is 0.147. The molecule has 0 aliphatic rings. The topological polar surface area (TPSA) is 12.0 Å². The second-order valence-electron chi connectivity index (χ2n) is 5.08. The maximum atomic E-state index is 5.90. The quantitative estimate of drug-likeness (QED) is 0.819. The van der Waals surface area contributed by atoms with Gasteiger partial charge in [-0.1, -0.05) is 44.5 Å². The van der Waals surface area contributed by atoms with Gasteiger partial charge in [-0.15, -0.1) is 0 Å². The van der Waals surface area contributed by atoms with Gasteiger partial charge in [0.15, 0.2) is 0 Å². The Balaban J connectivity index is 2.66. The number of hydrogen-bond acceptors (Lipinski definition) is 1. The first-order valence-electron chi connectivity index (χ1n) is 5.95. The van der Waals surface area contributed by atoms with Gasteiger partial charge >= 0.3 is 0 Å². The Bertz CT molecular complexity index is 316. The minimum absolute atomic E-state index is 0.147. The SMILES string of the molecule is CCC(C)NCC(C)(C)c1ccc(Cl)cc1. The third-order valence-electron chi connectivity index (χ3n) is 3.13. The van der Waals surface area contributed by atoms with Gasteiger partial charge in [-0.3, -0.25) is 0 Å². The molecule has 0 saturated carbocycles. The van der Waals surface area contributed by atoms with Crippen molar-refractivity contribution in [2.45, 2.75) is 45.6 Å². The molecule has 1 N–H and O–H groups in total. The van der Waals surface area contributed by atoms with Crippen LogP contribution in [0.15, 0.2) is 24.3 Å². The lowest BCUT2D eigenvalue weighted by atomic mass is 9.84. The summed E-state index contributed by atoms with van der Waals surface area (Å²) in [5.74, 6) is 0. The Labute approximate surface area is 104 Å². The molecule has 0 aliphatic carbocycles. The molecule has 0 radical (unpaired) electrons. The highest BCUT2D eigenvalue weighted by molar-refractivity contribution is 6.30. The number of nitrogens with one attached hydrogen (secondary N) is 1. The van der Waals surface area contributed by atoms with E-state index >= 15 is 0 Å². The summed E-state index contributed by atoms with van der Waals surface area (Å²) in [6, 6.07) is 8.72. The molecule has 0 saturated heterocycles. The summed E-state index contributed by atoms with van der Waals surface area (Å²) in [4.78, 5) is 0. The highest BCUT2D eigenvalue weighted by Gasteiger charge is 2.20. The molecular formula is C14H22ClN. The summed E-state index contributed by atoms with van der Waals surface area (Å²) in [6.45, 7) is 9.92. The first kappa shape index (κ1) is 13.5. The van der Waals surface area contributed by atoms with Crippen molar-refractivity contribution in [2.75, 3.05) is 6.54 Å². The highest BCUT2D eigenvalue weighted by Crippen LogP contribution is 2.24. The van der Waals surface area contributed by atoms with Crippen LogP contribution in [-0.2, 0) is 5.41 Å². The molecule has 1 atom stereocenters. The Morgan fingerprint density at radius 1 is 1.25 bits per heavy atom. The van der Waals surface area contributed by atoms with E-state index in [1.54, 1.807) is 0 Å². The Hall–Kier alpha value is -0.530. The van der Waals surface area contributed by atoms with E-state index in [0.29, 0.717) is 6.04 Å². The third kappa shape index (κ3) is 3.80. The van der Waals surface area contributed by atoms with Gasteiger partial charge in [-0.25, -0.2) is 0 Å². The van der Waals surface area contributed by atoms with E-state index in [0.717, 1.165) is 18.0 Å². The Kier molecular flexibility index (Phi) is 4.82. The largest absolute Gasteiger partial charge is 0.313 e. The molecule has 0 amide bonds. The summed E-state index contributed by atoms with van der Waals surface area (Å²) in [7, 11) is 0. The predicted molar refractivity (Wildman–Crippen MR) is 72.2 cm³/mol. The van der Waals surface area contributed by atoms with E-state index < -0.39 is 0 Å². The van der Waals surface area contributed by atoms with E-state index in [1.807, 2.05) is 12.1 Å². The summed E-state index contributed by atoms with van der Waals surface area (Å²) in [6.07, 6.45) is 1.16. The summed E-state index contributed by atoms with van der Waals surface area (Å²) >= 11 is 5.90. The second-order valence-corrected chi connectivity index (χ2v) is 5.52. The van der Waals surface area contributed by atoms with Crippen molar-refractivity contribution in [3.63, 3.8) is 0 Å². The Morgan fingerprint density at radius 3 is 2.31 bits per heavy atom. The van der Waals surface area contributed by atoms with E-state index in [9.17, 15) is 0 Å². The van der Waals surface area contributed by atoms with Crippen LogP contribution in [0.5, 0.6) is 0 Å². The predicted octanol–water partition coefficient (Wildman–Crippen LogP) is 4.01. The van der Waals surface area contributed by atoms with Crippen molar-refractivity contribution in [3.8, 4) is 0 Å². The van der Waals surface area contributed by atoms with Crippen LogP contribution in [0.4, 0.5) is 0 Å². The summed E-state index contributed by atoms with van der Waals surface area (Å²) in [5, 5.41) is 4.35. The Morgan fingerprint density at radius 2 is 1.81 bits per heavy atom. The second kappa shape index (κ2) is 5.70. The average Bonchev–Trinajstić information content (AvgIpc) is 2.26. The van der Waals surface area contributed by atoms with Gasteiger partial charge < -0.3 is 5.32 Å². The van der Waals surface area contributed by atoms with Gasteiger partial charge in [0.25, 0.3) is 0 Å². The van der Waals surface area contributed by atoms with Crippen LogP contribution >= 0.6 is 11.6 Å². The molecule has 90 valence electrons. The number of hydrogen-bond donors (Lipinski definition) is 1. The molecule has 0 fully saturated rings. The van der Waals surface area contributed by atoms with E-state index in [2.05, 4.69) is 45.1 Å². The van der Waals surface area contributed by atoms with Crippen molar-refractivity contribution in [3.05, 3.63) is 34.9 Å². The molecule has 16 heavy (non-hydrogen) atoms. The number of halogens is 1. The first-order valence-corrected chi connectivity index (χ1v) is 6.33. The fraction of sp³-hybridized carbons (Fsp3) is 0.571. The van der Waals surface area contributed by atoms with Crippen molar-refractivity contribution in [1.29, 1.82) is 0 Å².